The molecule has 5 nitrogen and oxygen atoms in total. The lowest BCUT2D eigenvalue weighted by molar-refractivity contribution is -0.142. The van der Waals surface area contributed by atoms with Crippen LogP contribution in [0.3, 0.4) is 0 Å². The molecule has 1 aromatic carbocycles. The minimum atomic E-state index is -0.929. The number of rotatable bonds is 4. The van der Waals surface area contributed by atoms with Crippen LogP contribution in [0.4, 0.5) is 0 Å². The number of para-hydroxylation sites is 1. The van der Waals surface area contributed by atoms with E-state index in [0.717, 1.165) is 0 Å². The van der Waals surface area contributed by atoms with E-state index in [4.69, 9.17) is 0 Å². The molecule has 114 valence electrons. The Balaban J connectivity index is 2.18. The summed E-state index contributed by atoms with van der Waals surface area (Å²) < 4.78 is 0. The lowest BCUT2D eigenvalue weighted by Gasteiger charge is -2.26. The number of amides is 1. The highest BCUT2D eigenvalue weighted by atomic mass is 16.4. The predicted molar refractivity (Wildman–Crippen MR) is 77.7 cm³/mol. The zero-order valence-electron chi connectivity index (χ0n) is 12.7. The van der Waals surface area contributed by atoms with Gasteiger partial charge in [-0.05, 0) is 18.4 Å². The van der Waals surface area contributed by atoms with Crippen LogP contribution in [0.15, 0.2) is 24.3 Å². The van der Waals surface area contributed by atoms with E-state index in [-0.39, 0.29) is 17.7 Å². The second kappa shape index (κ2) is 5.06. The number of aromatic hydroxyl groups is 1. The van der Waals surface area contributed by atoms with Gasteiger partial charge in [-0.2, -0.15) is 0 Å². The molecule has 0 saturated heterocycles. The normalized spacial score (nSPS) is 24.2. The van der Waals surface area contributed by atoms with E-state index < -0.39 is 23.2 Å². The number of carboxylic acids is 1. The van der Waals surface area contributed by atoms with Crippen LogP contribution in [0.25, 0.3) is 0 Å². The van der Waals surface area contributed by atoms with Gasteiger partial charge in [-0.15, -0.1) is 0 Å². The molecule has 2 rings (SSSR count). The monoisotopic (exact) mass is 291 g/mol. The maximum absolute atomic E-state index is 12.5. The van der Waals surface area contributed by atoms with Crippen LogP contribution >= 0.6 is 0 Å². The van der Waals surface area contributed by atoms with Crippen molar-refractivity contribution in [2.45, 2.75) is 26.8 Å². The summed E-state index contributed by atoms with van der Waals surface area (Å²) in [5.74, 6) is -2.13. The lowest BCUT2D eigenvalue weighted by atomic mass is 10.0. The van der Waals surface area contributed by atoms with Gasteiger partial charge >= 0.3 is 5.97 Å². The van der Waals surface area contributed by atoms with E-state index in [2.05, 4.69) is 0 Å². The minimum absolute atomic E-state index is 0.134. The number of hydrogen-bond donors (Lipinski definition) is 2. The molecule has 21 heavy (non-hydrogen) atoms. The number of carbonyl (C=O) groups is 2. The van der Waals surface area contributed by atoms with Gasteiger partial charge < -0.3 is 15.1 Å². The first-order valence-corrected chi connectivity index (χ1v) is 6.97. The Morgan fingerprint density at radius 2 is 1.81 bits per heavy atom. The molecule has 0 radical (unpaired) electrons. The molecule has 0 heterocycles. The summed E-state index contributed by atoms with van der Waals surface area (Å²) in [4.78, 5) is 25.3. The molecule has 1 unspecified atom stereocenters. The summed E-state index contributed by atoms with van der Waals surface area (Å²) in [5.41, 5.74) is 0.133. The molecule has 1 aliphatic rings. The van der Waals surface area contributed by atoms with Crippen molar-refractivity contribution in [1.82, 2.24) is 4.90 Å². The largest absolute Gasteiger partial charge is 0.508 e. The standard InChI is InChI=1S/C16H21NO4/c1-9(10-7-5-6-8-11(10)18)17(4)14(19)12-13(15(20)21)16(12,2)3/h5-9,12-13,18H,1-4H3,(H,20,21)/t9?,12-,13+/m1/s1. The van der Waals surface area contributed by atoms with Crippen molar-refractivity contribution in [2.24, 2.45) is 17.3 Å². The number of phenols is 1. The second-order valence-electron chi connectivity index (χ2n) is 6.30. The fourth-order valence-electron chi connectivity index (χ4n) is 3.02. The fraction of sp³-hybridized carbons (Fsp3) is 0.500. The molecule has 0 aromatic heterocycles. The highest BCUT2D eigenvalue weighted by Gasteiger charge is 2.66. The molecule has 1 fully saturated rings. The number of carboxylic acid groups (broad SMARTS) is 1. The summed E-state index contributed by atoms with van der Waals surface area (Å²) in [6, 6.07) is 6.54. The minimum Gasteiger partial charge on any atom is -0.508 e. The first kappa shape index (κ1) is 15.4. The van der Waals surface area contributed by atoms with Gasteiger partial charge in [-0.25, -0.2) is 0 Å². The lowest BCUT2D eigenvalue weighted by Crippen LogP contribution is -2.32. The Kier molecular flexibility index (Phi) is 3.70. The number of benzene rings is 1. The van der Waals surface area contributed by atoms with Crippen LogP contribution in [0, 0.1) is 17.3 Å². The summed E-state index contributed by atoms with van der Waals surface area (Å²) in [5, 5.41) is 19.1. The third-order valence-electron chi connectivity index (χ3n) is 4.67. The van der Waals surface area contributed by atoms with Crippen LogP contribution in [0.2, 0.25) is 0 Å². The van der Waals surface area contributed by atoms with Gasteiger partial charge in [-0.1, -0.05) is 32.0 Å². The number of phenolic OH excluding ortho intramolecular Hbond substituents is 1. The predicted octanol–water partition coefficient (Wildman–Crippen LogP) is 2.27. The molecule has 1 aromatic rings. The van der Waals surface area contributed by atoms with Crippen molar-refractivity contribution in [3.63, 3.8) is 0 Å². The van der Waals surface area contributed by atoms with Gasteiger partial charge in [0, 0.05) is 12.6 Å². The van der Waals surface area contributed by atoms with Gasteiger partial charge in [-0.3, -0.25) is 9.59 Å². The van der Waals surface area contributed by atoms with E-state index in [0.29, 0.717) is 5.56 Å². The molecule has 0 aliphatic heterocycles. The van der Waals surface area contributed by atoms with Crippen molar-refractivity contribution in [3.8, 4) is 5.75 Å². The molecular formula is C16H21NO4. The third kappa shape index (κ3) is 2.48. The van der Waals surface area contributed by atoms with Gasteiger partial charge in [0.05, 0.1) is 17.9 Å². The average molecular weight is 291 g/mol. The van der Waals surface area contributed by atoms with Gasteiger partial charge in [0.25, 0.3) is 0 Å². The summed E-state index contributed by atoms with van der Waals surface area (Å²) in [6.07, 6.45) is 0. The smallest absolute Gasteiger partial charge is 0.307 e. The molecule has 1 aliphatic carbocycles. The van der Waals surface area contributed by atoms with E-state index in [1.165, 1.54) is 4.90 Å². The Bertz CT molecular complexity index is 581. The summed E-state index contributed by atoms with van der Waals surface area (Å²) in [7, 11) is 1.65. The molecule has 3 atom stereocenters. The van der Waals surface area contributed by atoms with E-state index in [1.807, 2.05) is 6.92 Å². The quantitative estimate of drug-likeness (QED) is 0.892. The van der Waals surface area contributed by atoms with Crippen LogP contribution < -0.4 is 0 Å². The summed E-state index contributed by atoms with van der Waals surface area (Å²) >= 11 is 0. The van der Waals surface area contributed by atoms with Crippen molar-refractivity contribution in [1.29, 1.82) is 0 Å². The SMILES string of the molecule is CC(c1ccccc1O)N(C)C(=O)[C@H]1[C@@H](C(=O)O)C1(C)C. The first-order chi connectivity index (χ1) is 9.69. The third-order valence-corrected chi connectivity index (χ3v) is 4.67. The molecule has 0 bridgehead atoms. The Hall–Kier alpha value is -2.04. The zero-order valence-corrected chi connectivity index (χ0v) is 12.7. The number of hydrogen-bond acceptors (Lipinski definition) is 3. The van der Waals surface area contributed by atoms with Crippen LogP contribution in [0.1, 0.15) is 32.4 Å². The number of aliphatic carboxylic acids is 1. The van der Waals surface area contributed by atoms with E-state index >= 15 is 0 Å². The average Bonchev–Trinajstić information content (AvgIpc) is 3.00. The topological polar surface area (TPSA) is 77.8 Å². The van der Waals surface area contributed by atoms with Crippen LogP contribution in [0.5, 0.6) is 5.75 Å². The van der Waals surface area contributed by atoms with Gasteiger partial charge in [0.1, 0.15) is 5.75 Å². The fourth-order valence-corrected chi connectivity index (χ4v) is 3.02. The zero-order chi connectivity index (χ0) is 15.9. The molecule has 1 amide bonds. The van der Waals surface area contributed by atoms with Crippen molar-refractivity contribution < 1.29 is 19.8 Å². The number of nitrogens with zero attached hydrogens (tertiary/aromatic N) is 1. The van der Waals surface area contributed by atoms with Crippen LogP contribution in [-0.4, -0.2) is 34.0 Å². The Labute approximate surface area is 124 Å². The number of carbonyl (C=O) groups excluding carboxylic acids is 1. The summed E-state index contributed by atoms with van der Waals surface area (Å²) in [6.45, 7) is 5.41. The van der Waals surface area contributed by atoms with Gasteiger partial charge in [0.15, 0.2) is 0 Å². The second-order valence-corrected chi connectivity index (χ2v) is 6.30. The van der Waals surface area contributed by atoms with Crippen molar-refractivity contribution >= 4 is 11.9 Å². The highest BCUT2D eigenvalue weighted by Crippen LogP contribution is 2.59. The molecule has 1 saturated carbocycles. The molecular weight excluding hydrogens is 270 g/mol. The van der Waals surface area contributed by atoms with E-state index in [9.17, 15) is 19.8 Å². The molecule has 2 N–H and O–H groups in total. The maximum atomic E-state index is 12.5. The van der Waals surface area contributed by atoms with Crippen LogP contribution in [-0.2, 0) is 9.59 Å². The Morgan fingerprint density at radius 1 is 1.24 bits per heavy atom. The molecule has 5 heteroatoms. The van der Waals surface area contributed by atoms with Crippen molar-refractivity contribution in [2.75, 3.05) is 7.05 Å². The van der Waals surface area contributed by atoms with E-state index in [1.54, 1.807) is 45.2 Å². The van der Waals surface area contributed by atoms with Gasteiger partial charge in [0.2, 0.25) is 5.91 Å². The maximum Gasteiger partial charge on any atom is 0.307 e. The Morgan fingerprint density at radius 3 is 2.29 bits per heavy atom. The first-order valence-electron chi connectivity index (χ1n) is 6.97. The highest BCUT2D eigenvalue weighted by molar-refractivity contribution is 5.91. The van der Waals surface area contributed by atoms with Crippen molar-refractivity contribution in [3.05, 3.63) is 29.8 Å². The molecule has 0 spiro atoms.